The number of likely N-dealkylation sites (N-methyl/N-ethyl adjacent to an activating group) is 1. The molecule has 1 aliphatic rings. The molecule has 0 bridgehead atoms. The van der Waals surface area contributed by atoms with E-state index in [9.17, 15) is 8.42 Å². The van der Waals surface area contributed by atoms with Gasteiger partial charge in [-0.05, 0) is 44.2 Å². The predicted molar refractivity (Wildman–Crippen MR) is 73.8 cm³/mol. The minimum atomic E-state index is -3.35. The summed E-state index contributed by atoms with van der Waals surface area (Å²) >= 11 is 0. The summed E-state index contributed by atoms with van der Waals surface area (Å²) in [4.78, 5) is 0.322. The third kappa shape index (κ3) is 3.46. The zero-order valence-electron chi connectivity index (χ0n) is 11.3. The number of benzene rings is 1. The molecule has 1 aromatic carbocycles. The van der Waals surface area contributed by atoms with Crippen molar-refractivity contribution >= 4 is 10.0 Å². The summed E-state index contributed by atoms with van der Waals surface area (Å²) in [7, 11) is 0.145. The Hall–Kier alpha value is -1.11. The first-order valence-corrected chi connectivity index (χ1v) is 7.85. The van der Waals surface area contributed by atoms with Gasteiger partial charge in [0.1, 0.15) is 12.4 Å². The highest BCUT2D eigenvalue weighted by molar-refractivity contribution is 7.89. The molecule has 1 aliphatic carbocycles. The molecule has 1 saturated carbocycles. The van der Waals surface area contributed by atoms with Gasteiger partial charge in [-0.25, -0.2) is 8.42 Å². The van der Waals surface area contributed by atoms with Crippen molar-refractivity contribution in [2.75, 3.05) is 27.2 Å². The van der Waals surface area contributed by atoms with E-state index in [1.807, 2.05) is 7.05 Å². The van der Waals surface area contributed by atoms with Crippen LogP contribution in [-0.4, -0.2) is 46.0 Å². The van der Waals surface area contributed by atoms with Crippen LogP contribution < -0.4 is 10.1 Å². The van der Waals surface area contributed by atoms with Gasteiger partial charge in [-0.2, -0.15) is 4.31 Å². The fourth-order valence-corrected chi connectivity index (χ4v) is 3.20. The van der Waals surface area contributed by atoms with Crippen LogP contribution >= 0.6 is 0 Å². The summed E-state index contributed by atoms with van der Waals surface area (Å²) in [5.74, 6) is 0.684. The lowest BCUT2D eigenvalue weighted by atomic mass is 10.3. The quantitative estimate of drug-likeness (QED) is 0.761. The average Bonchev–Trinajstić information content (AvgIpc) is 3.23. The highest BCUT2D eigenvalue weighted by atomic mass is 32.2. The van der Waals surface area contributed by atoms with E-state index in [-0.39, 0.29) is 6.04 Å². The van der Waals surface area contributed by atoms with Crippen LogP contribution in [0.3, 0.4) is 0 Å². The third-order valence-corrected chi connectivity index (χ3v) is 5.11. The van der Waals surface area contributed by atoms with Crippen molar-refractivity contribution < 1.29 is 13.2 Å². The Balaban J connectivity index is 2.04. The van der Waals surface area contributed by atoms with Crippen molar-refractivity contribution in [3.63, 3.8) is 0 Å². The van der Waals surface area contributed by atoms with Crippen molar-refractivity contribution in [1.29, 1.82) is 0 Å². The minimum Gasteiger partial charge on any atom is -0.492 e. The van der Waals surface area contributed by atoms with Gasteiger partial charge >= 0.3 is 0 Å². The molecule has 6 heteroatoms. The van der Waals surface area contributed by atoms with Crippen LogP contribution in [0.1, 0.15) is 12.8 Å². The Labute approximate surface area is 114 Å². The molecule has 0 saturated heterocycles. The molecule has 0 spiro atoms. The number of ether oxygens (including phenoxy) is 1. The summed E-state index contributed by atoms with van der Waals surface area (Å²) in [5.41, 5.74) is 0. The van der Waals surface area contributed by atoms with Crippen molar-refractivity contribution in [3.8, 4) is 5.75 Å². The first-order chi connectivity index (χ1) is 9.05. The van der Waals surface area contributed by atoms with E-state index in [2.05, 4.69) is 5.32 Å². The molecule has 0 aromatic heterocycles. The second-order valence-electron chi connectivity index (χ2n) is 4.68. The molecule has 0 atom stereocenters. The molecular formula is C13H20N2O3S. The number of nitrogens with one attached hydrogen (secondary N) is 1. The van der Waals surface area contributed by atoms with E-state index < -0.39 is 10.0 Å². The van der Waals surface area contributed by atoms with Crippen molar-refractivity contribution in [1.82, 2.24) is 9.62 Å². The topological polar surface area (TPSA) is 58.6 Å². The molecule has 2 rings (SSSR count). The maximum atomic E-state index is 12.3. The summed E-state index contributed by atoms with van der Waals surface area (Å²) < 4.78 is 31.4. The van der Waals surface area contributed by atoms with Gasteiger partial charge in [0.2, 0.25) is 10.0 Å². The lowest BCUT2D eigenvalue weighted by Gasteiger charge is -2.16. The van der Waals surface area contributed by atoms with Crippen LogP contribution in [0, 0.1) is 0 Å². The third-order valence-electron chi connectivity index (χ3n) is 3.18. The van der Waals surface area contributed by atoms with Crippen LogP contribution in [-0.2, 0) is 10.0 Å². The summed E-state index contributed by atoms with van der Waals surface area (Å²) in [5, 5.41) is 2.98. The molecule has 5 nitrogen and oxygen atoms in total. The number of rotatable bonds is 7. The van der Waals surface area contributed by atoms with Gasteiger partial charge in [0.05, 0.1) is 4.90 Å². The Bertz CT molecular complexity index is 509. The maximum absolute atomic E-state index is 12.3. The number of sulfonamides is 1. The van der Waals surface area contributed by atoms with Gasteiger partial charge < -0.3 is 10.1 Å². The van der Waals surface area contributed by atoms with Gasteiger partial charge in [-0.15, -0.1) is 0 Å². The van der Waals surface area contributed by atoms with Gasteiger partial charge in [0.15, 0.2) is 0 Å². The molecule has 0 amide bonds. The lowest BCUT2D eigenvalue weighted by Crippen LogP contribution is -2.28. The SMILES string of the molecule is CNCCOc1ccc(S(=O)(=O)N(C)C2CC2)cc1. The molecule has 0 aliphatic heterocycles. The van der Waals surface area contributed by atoms with Crippen molar-refractivity contribution in [3.05, 3.63) is 24.3 Å². The second-order valence-corrected chi connectivity index (χ2v) is 6.67. The smallest absolute Gasteiger partial charge is 0.243 e. The van der Waals surface area contributed by atoms with Gasteiger partial charge in [0, 0.05) is 19.6 Å². The van der Waals surface area contributed by atoms with E-state index in [0.29, 0.717) is 17.3 Å². The summed E-state index contributed by atoms with van der Waals surface area (Å²) in [6, 6.07) is 6.77. The summed E-state index contributed by atoms with van der Waals surface area (Å²) in [6.45, 7) is 1.31. The Morgan fingerprint density at radius 2 is 1.95 bits per heavy atom. The minimum absolute atomic E-state index is 0.177. The summed E-state index contributed by atoms with van der Waals surface area (Å²) in [6.07, 6.45) is 1.92. The highest BCUT2D eigenvalue weighted by Crippen LogP contribution is 2.30. The first kappa shape index (κ1) is 14.3. The normalized spacial score (nSPS) is 15.7. The average molecular weight is 284 g/mol. The number of hydrogen-bond acceptors (Lipinski definition) is 4. The maximum Gasteiger partial charge on any atom is 0.243 e. The van der Waals surface area contributed by atoms with Gasteiger partial charge in [0.25, 0.3) is 0 Å². The van der Waals surface area contributed by atoms with Crippen LogP contribution in [0.5, 0.6) is 5.75 Å². The Morgan fingerprint density at radius 1 is 1.32 bits per heavy atom. The first-order valence-electron chi connectivity index (χ1n) is 6.41. The molecule has 1 aromatic rings. The Morgan fingerprint density at radius 3 is 2.47 bits per heavy atom. The molecule has 19 heavy (non-hydrogen) atoms. The van der Waals surface area contributed by atoms with E-state index in [4.69, 9.17) is 4.74 Å². The molecule has 106 valence electrons. The fraction of sp³-hybridized carbons (Fsp3) is 0.538. The van der Waals surface area contributed by atoms with Gasteiger partial charge in [-0.3, -0.25) is 0 Å². The van der Waals surface area contributed by atoms with E-state index in [1.165, 1.54) is 4.31 Å². The van der Waals surface area contributed by atoms with Crippen LogP contribution in [0.15, 0.2) is 29.2 Å². The lowest BCUT2D eigenvalue weighted by molar-refractivity contribution is 0.318. The standard InChI is InChI=1S/C13H20N2O3S/c1-14-9-10-18-12-5-7-13(8-6-12)19(16,17)15(2)11-3-4-11/h5-8,11,14H,3-4,9-10H2,1-2H3. The number of nitrogens with zero attached hydrogens (tertiary/aromatic N) is 1. The zero-order valence-corrected chi connectivity index (χ0v) is 12.1. The van der Waals surface area contributed by atoms with Crippen LogP contribution in [0.2, 0.25) is 0 Å². The predicted octanol–water partition coefficient (Wildman–Crippen LogP) is 1.07. The molecule has 1 N–H and O–H groups in total. The largest absolute Gasteiger partial charge is 0.492 e. The Kier molecular flexibility index (Phi) is 4.44. The number of hydrogen-bond donors (Lipinski definition) is 1. The van der Waals surface area contributed by atoms with E-state index in [1.54, 1.807) is 31.3 Å². The highest BCUT2D eigenvalue weighted by Gasteiger charge is 2.34. The molecule has 0 radical (unpaired) electrons. The van der Waals surface area contributed by atoms with Crippen LogP contribution in [0.4, 0.5) is 0 Å². The van der Waals surface area contributed by atoms with Gasteiger partial charge in [-0.1, -0.05) is 0 Å². The molecular weight excluding hydrogens is 264 g/mol. The molecule has 1 fully saturated rings. The molecule has 0 heterocycles. The van der Waals surface area contributed by atoms with Crippen molar-refractivity contribution in [2.45, 2.75) is 23.8 Å². The monoisotopic (exact) mass is 284 g/mol. The fourth-order valence-electron chi connectivity index (χ4n) is 1.78. The second kappa shape index (κ2) is 5.90. The van der Waals surface area contributed by atoms with Crippen molar-refractivity contribution in [2.24, 2.45) is 0 Å². The zero-order chi connectivity index (χ0) is 13.9. The van der Waals surface area contributed by atoms with E-state index in [0.717, 1.165) is 19.4 Å². The molecule has 0 unspecified atom stereocenters. The van der Waals surface area contributed by atoms with Crippen LogP contribution in [0.25, 0.3) is 0 Å². The van der Waals surface area contributed by atoms with E-state index >= 15 is 0 Å².